The second-order valence-electron chi connectivity index (χ2n) is 5.03. The van der Waals surface area contributed by atoms with Crippen LogP contribution in [-0.4, -0.2) is 9.55 Å². The van der Waals surface area contributed by atoms with Crippen LogP contribution < -0.4 is 0 Å². The molecule has 0 aliphatic rings. The van der Waals surface area contributed by atoms with E-state index in [2.05, 4.69) is 63.5 Å². The maximum atomic E-state index is 4.76. The maximum absolute atomic E-state index is 4.76. The van der Waals surface area contributed by atoms with Crippen LogP contribution in [0.3, 0.4) is 0 Å². The number of nitrogens with zero attached hydrogens (tertiary/aromatic N) is 2. The van der Waals surface area contributed by atoms with Crippen molar-refractivity contribution < 1.29 is 0 Å². The molecule has 0 aliphatic heterocycles. The van der Waals surface area contributed by atoms with Crippen LogP contribution in [0.25, 0.3) is 5.82 Å². The predicted molar refractivity (Wildman–Crippen MR) is 71.9 cm³/mol. The Kier molecular flexibility index (Phi) is 3.05. The average Bonchev–Trinajstić information content (AvgIpc) is 2.57. The van der Waals surface area contributed by atoms with Gasteiger partial charge in [0, 0.05) is 17.1 Å². The zero-order valence-electron chi connectivity index (χ0n) is 11.3. The first-order valence-electron chi connectivity index (χ1n) is 6.13. The number of pyridine rings is 1. The minimum absolute atomic E-state index is 0.463. The molecule has 2 aromatic rings. The summed E-state index contributed by atoms with van der Waals surface area (Å²) in [5, 5.41) is 0. The molecule has 2 rings (SSSR count). The number of hydrogen-bond acceptors (Lipinski definition) is 1. The molecule has 0 spiro atoms. The summed E-state index contributed by atoms with van der Waals surface area (Å²) in [5.41, 5.74) is 4.89. The highest BCUT2D eigenvalue weighted by Crippen LogP contribution is 2.19. The van der Waals surface area contributed by atoms with Crippen molar-refractivity contribution in [3.8, 4) is 5.82 Å². The lowest BCUT2D eigenvalue weighted by atomic mass is 10.1. The molecule has 0 aliphatic carbocycles. The first kappa shape index (κ1) is 11.9. The third kappa shape index (κ3) is 2.26. The number of aromatic nitrogens is 2. The van der Waals surface area contributed by atoms with Gasteiger partial charge < -0.3 is 4.57 Å². The van der Waals surface area contributed by atoms with Gasteiger partial charge in [-0.3, -0.25) is 0 Å². The van der Waals surface area contributed by atoms with Gasteiger partial charge in [-0.25, -0.2) is 4.98 Å². The van der Waals surface area contributed by atoms with E-state index in [9.17, 15) is 0 Å². The highest BCUT2D eigenvalue weighted by molar-refractivity contribution is 5.36. The van der Waals surface area contributed by atoms with Gasteiger partial charge >= 0.3 is 0 Å². The van der Waals surface area contributed by atoms with Gasteiger partial charge in [0.05, 0.1) is 0 Å². The lowest BCUT2D eigenvalue weighted by molar-refractivity contribution is 0.799. The van der Waals surface area contributed by atoms with Gasteiger partial charge in [0.15, 0.2) is 0 Å². The van der Waals surface area contributed by atoms with E-state index >= 15 is 0 Å². The first-order chi connectivity index (χ1) is 7.99. The van der Waals surface area contributed by atoms with Crippen molar-refractivity contribution in [2.45, 2.75) is 40.5 Å². The molecule has 0 saturated carbocycles. The Morgan fingerprint density at radius 3 is 2.12 bits per heavy atom. The number of hydrogen-bond donors (Lipinski definition) is 0. The molecule has 2 nitrogen and oxygen atoms in total. The molecular weight excluding hydrogens is 208 g/mol. The summed E-state index contributed by atoms with van der Waals surface area (Å²) in [6.07, 6.45) is 0. The molecule has 0 unspecified atom stereocenters. The Bertz CT molecular complexity index is 516. The van der Waals surface area contributed by atoms with Gasteiger partial charge in [-0.05, 0) is 56.5 Å². The summed E-state index contributed by atoms with van der Waals surface area (Å²) >= 11 is 0. The lowest BCUT2D eigenvalue weighted by Gasteiger charge is -2.13. The SMILES string of the molecule is Cc1cc(C(C)C)nc(-n2c(C)ccc2C)c1. The van der Waals surface area contributed by atoms with E-state index in [1.54, 1.807) is 0 Å². The molecule has 0 aromatic carbocycles. The van der Waals surface area contributed by atoms with E-state index in [4.69, 9.17) is 4.98 Å². The first-order valence-corrected chi connectivity index (χ1v) is 6.13. The van der Waals surface area contributed by atoms with Crippen molar-refractivity contribution in [1.29, 1.82) is 0 Å². The third-order valence-electron chi connectivity index (χ3n) is 3.07. The summed E-state index contributed by atoms with van der Waals surface area (Å²) in [5.74, 6) is 1.50. The highest BCUT2D eigenvalue weighted by atomic mass is 15.1. The minimum atomic E-state index is 0.463. The van der Waals surface area contributed by atoms with Crippen LogP contribution in [0.4, 0.5) is 0 Å². The average molecular weight is 228 g/mol. The van der Waals surface area contributed by atoms with Crippen molar-refractivity contribution in [1.82, 2.24) is 9.55 Å². The second kappa shape index (κ2) is 4.36. The van der Waals surface area contributed by atoms with E-state index in [0.717, 1.165) is 11.5 Å². The molecule has 0 radical (unpaired) electrons. The van der Waals surface area contributed by atoms with Gasteiger partial charge in [0.25, 0.3) is 0 Å². The van der Waals surface area contributed by atoms with Crippen LogP contribution >= 0.6 is 0 Å². The van der Waals surface area contributed by atoms with Crippen molar-refractivity contribution in [2.24, 2.45) is 0 Å². The number of aryl methyl sites for hydroxylation is 3. The molecule has 2 aromatic heterocycles. The molecule has 0 bridgehead atoms. The Morgan fingerprint density at radius 1 is 1.00 bits per heavy atom. The molecule has 0 fully saturated rings. The Morgan fingerprint density at radius 2 is 1.59 bits per heavy atom. The largest absolute Gasteiger partial charge is 0.303 e. The van der Waals surface area contributed by atoms with E-state index in [1.165, 1.54) is 17.0 Å². The van der Waals surface area contributed by atoms with Crippen molar-refractivity contribution in [3.05, 3.63) is 46.9 Å². The van der Waals surface area contributed by atoms with Gasteiger partial charge in [0.2, 0.25) is 0 Å². The van der Waals surface area contributed by atoms with E-state index in [-0.39, 0.29) is 0 Å². The van der Waals surface area contributed by atoms with E-state index < -0.39 is 0 Å². The van der Waals surface area contributed by atoms with Crippen LogP contribution in [0.5, 0.6) is 0 Å². The quantitative estimate of drug-likeness (QED) is 0.761. The van der Waals surface area contributed by atoms with Crippen molar-refractivity contribution in [2.75, 3.05) is 0 Å². The van der Waals surface area contributed by atoms with Crippen molar-refractivity contribution >= 4 is 0 Å². The Hall–Kier alpha value is -1.57. The van der Waals surface area contributed by atoms with Gasteiger partial charge in [-0.15, -0.1) is 0 Å². The van der Waals surface area contributed by atoms with Gasteiger partial charge in [-0.2, -0.15) is 0 Å². The molecule has 90 valence electrons. The number of rotatable bonds is 2. The fraction of sp³-hybridized carbons (Fsp3) is 0.400. The second-order valence-corrected chi connectivity index (χ2v) is 5.03. The fourth-order valence-corrected chi connectivity index (χ4v) is 2.12. The topological polar surface area (TPSA) is 17.8 Å². The Labute approximate surface area is 103 Å². The molecule has 0 amide bonds. The predicted octanol–water partition coefficient (Wildman–Crippen LogP) is 3.92. The van der Waals surface area contributed by atoms with Crippen LogP contribution in [0.2, 0.25) is 0 Å². The standard InChI is InChI=1S/C15H20N2/c1-10(2)14-8-11(3)9-15(16-14)17-12(4)6-7-13(17)5/h6-10H,1-5H3. The maximum Gasteiger partial charge on any atom is 0.137 e. The lowest BCUT2D eigenvalue weighted by Crippen LogP contribution is -2.05. The van der Waals surface area contributed by atoms with Crippen LogP contribution in [0.1, 0.15) is 42.4 Å². The van der Waals surface area contributed by atoms with Crippen LogP contribution in [0.15, 0.2) is 24.3 Å². The monoisotopic (exact) mass is 228 g/mol. The molecule has 0 saturated heterocycles. The minimum Gasteiger partial charge on any atom is -0.303 e. The molecule has 2 heterocycles. The molecular formula is C15H20N2. The summed E-state index contributed by atoms with van der Waals surface area (Å²) in [6, 6.07) is 8.58. The smallest absolute Gasteiger partial charge is 0.137 e. The summed E-state index contributed by atoms with van der Waals surface area (Å²) in [6.45, 7) is 10.7. The van der Waals surface area contributed by atoms with E-state index in [1.807, 2.05) is 0 Å². The zero-order chi connectivity index (χ0) is 12.6. The van der Waals surface area contributed by atoms with Gasteiger partial charge in [0.1, 0.15) is 5.82 Å². The summed E-state index contributed by atoms with van der Waals surface area (Å²) in [4.78, 5) is 4.76. The zero-order valence-corrected chi connectivity index (χ0v) is 11.3. The van der Waals surface area contributed by atoms with Crippen LogP contribution in [0, 0.1) is 20.8 Å². The molecule has 0 N–H and O–H groups in total. The third-order valence-corrected chi connectivity index (χ3v) is 3.07. The molecule has 17 heavy (non-hydrogen) atoms. The summed E-state index contributed by atoms with van der Waals surface area (Å²) < 4.78 is 2.21. The van der Waals surface area contributed by atoms with Gasteiger partial charge in [-0.1, -0.05) is 13.8 Å². The Balaban J connectivity index is 2.60. The summed E-state index contributed by atoms with van der Waals surface area (Å²) in [7, 11) is 0. The normalized spacial score (nSPS) is 11.2. The van der Waals surface area contributed by atoms with E-state index in [0.29, 0.717) is 5.92 Å². The van der Waals surface area contributed by atoms with Crippen molar-refractivity contribution in [3.63, 3.8) is 0 Å². The molecule has 2 heteroatoms. The highest BCUT2D eigenvalue weighted by Gasteiger charge is 2.09. The fourth-order valence-electron chi connectivity index (χ4n) is 2.12. The molecule has 0 atom stereocenters. The van der Waals surface area contributed by atoms with Crippen LogP contribution in [-0.2, 0) is 0 Å².